The minimum Gasteiger partial charge on any atom is -0.486 e. The van der Waals surface area contributed by atoms with E-state index in [2.05, 4.69) is 9.47 Å². The van der Waals surface area contributed by atoms with Crippen LogP contribution >= 0.6 is 0 Å². The Labute approximate surface area is 207 Å². The van der Waals surface area contributed by atoms with E-state index in [0.717, 1.165) is 6.42 Å². The third-order valence-corrected chi connectivity index (χ3v) is 5.38. The second kappa shape index (κ2) is 12.7. The summed E-state index contributed by atoms with van der Waals surface area (Å²) in [5, 5.41) is 10.9. The van der Waals surface area contributed by atoms with Crippen molar-refractivity contribution < 1.29 is 42.9 Å². The molecule has 12 nitrogen and oxygen atoms in total. The first kappa shape index (κ1) is 26.7. The minimum atomic E-state index is -0.567. The number of carbonyl (C=O) groups excluding carboxylic acids is 2. The largest absolute Gasteiger partial charge is 0.486 e. The highest BCUT2D eigenvalue weighted by molar-refractivity contribution is 5.91. The molecule has 2 aromatic rings. The number of nitro benzene ring substituents is 1. The molecular formula is C24H28N2O10. The first-order chi connectivity index (χ1) is 17.3. The molecule has 194 valence electrons. The molecule has 2 aromatic carbocycles. The van der Waals surface area contributed by atoms with E-state index in [-0.39, 0.29) is 29.2 Å². The Bertz CT molecular complexity index is 1080. The molecule has 2 aliphatic rings. The predicted molar refractivity (Wildman–Crippen MR) is 126 cm³/mol. The van der Waals surface area contributed by atoms with Crippen molar-refractivity contribution in [1.29, 1.82) is 0 Å². The highest BCUT2D eigenvalue weighted by Crippen LogP contribution is 2.30. The van der Waals surface area contributed by atoms with E-state index in [1.807, 2.05) is 0 Å². The lowest BCUT2D eigenvalue weighted by molar-refractivity contribution is -0.386. The fourth-order valence-electron chi connectivity index (χ4n) is 3.46. The van der Waals surface area contributed by atoms with Gasteiger partial charge in [0.1, 0.15) is 18.0 Å². The first-order valence-electron chi connectivity index (χ1n) is 11.2. The molecule has 2 aliphatic heterocycles. The van der Waals surface area contributed by atoms with Crippen LogP contribution in [0.2, 0.25) is 0 Å². The molecule has 2 fully saturated rings. The van der Waals surface area contributed by atoms with Gasteiger partial charge in [0.25, 0.3) is 0 Å². The number of nitro groups is 1. The molecule has 0 aromatic heterocycles. The zero-order valence-electron chi connectivity index (χ0n) is 20.0. The molecule has 2 heterocycles. The molecule has 2 saturated heterocycles. The van der Waals surface area contributed by atoms with Crippen LogP contribution in [0.3, 0.4) is 0 Å². The van der Waals surface area contributed by atoms with Gasteiger partial charge in [-0.25, -0.2) is 9.59 Å². The minimum absolute atomic E-state index is 0.00481. The number of carbonyl (C=O) groups is 2. The van der Waals surface area contributed by atoms with Crippen molar-refractivity contribution in [1.82, 2.24) is 0 Å². The highest BCUT2D eigenvalue weighted by atomic mass is 16.6. The van der Waals surface area contributed by atoms with E-state index < -0.39 is 16.9 Å². The van der Waals surface area contributed by atoms with Crippen LogP contribution in [0.25, 0.3) is 0 Å². The lowest BCUT2D eigenvalue weighted by Crippen LogP contribution is -2.17. The van der Waals surface area contributed by atoms with Crippen molar-refractivity contribution in [3.05, 3.63) is 57.6 Å². The Balaban J connectivity index is 0.000000202. The summed E-state index contributed by atoms with van der Waals surface area (Å²) >= 11 is 0. The number of anilines is 1. The number of methoxy groups -OCH3 is 2. The van der Waals surface area contributed by atoms with Gasteiger partial charge in [-0.05, 0) is 24.3 Å². The van der Waals surface area contributed by atoms with Crippen LogP contribution < -0.4 is 15.2 Å². The molecule has 0 aliphatic carbocycles. The zero-order valence-corrected chi connectivity index (χ0v) is 20.0. The fraction of sp³-hybridized carbons (Fsp3) is 0.417. The Morgan fingerprint density at radius 3 is 1.86 bits per heavy atom. The summed E-state index contributed by atoms with van der Waals surface area (Å²) in [6.07, 6.45) is 1.28. The van der Waals surface area contributed by atoms with Crippen LogP contribution in [-0.4, -0.2) is 69.7 Å². The molecule has 4 rings (SSSR count). The lowest BCUT2D eigenvalue weighted by Gasteiger charge is -2.14. The van der Waals surface area contributed by atoms with Crippen LogP contribution in [0.15, 0.2) is 36.4 Å². The average Bonchev–Trinajstić information content (AvgIpc) is 3.59. The normalized spacial score (nSPS) is 18.5. The standard InChI is InChI=1S/C12H13NO6.C12H15NO4/c1-17-12(14)8-2-3-10(13(15)16)11(6-8)19-9-4-5-18-7-9;1-15-12(14)8-2-3-10(13)11(6-8)17-9-4-5-16-7-9/h2-3,6,9H,4-5,7H2,1H3;2-3,6,9H,4-5,7,13H2,1H3. The van der Waals surface area contributed by atoms with Gasteiger partial charge in [-0.15, -0.1) is 0 Å². The van der Waals surface area contributed by atoms with Crippen LogP contribution in [-0.2, 0) is 18.9 Å². The van der Waals surface area contributed by atoms with Gasteiger partial charge in [0, 0.05) is 25.0 Å². The first-order valence-corrected chi connectivity index (χ1v) is 11.2. The van der Waals surface area contributed by atoms with E-state index in [1.54, 1.807) is 18.2 Å². The summed E-state index contributed by atoms with van der Waals surface area (Å²) in [6, 6.07) is 8.73. The third-order valence-electron chi connectivity index (χ3n) is 5.38. The van der Waals surface area contributed by atoms with Crippen LogP contribution in [0.5, 0.6) is 11.5 Å². The Kier molecular flexibility index (Phi) is 9.42. The second-order valence-corrected chi connectivity index (χ2v) is 7.88. The molecule has 2 unspecified atom stereocenters. The number of hydrogen-bond donors (Lipinski definition) is 1. The summed E-state index contributed by atoms with van der Waals surface area (Å²) in [7, 11) is 2.58. The van der Waals surface area contributed by atoms with E-state index in [9.17, 15) is 19.7 Å². The molecular weight excluding hydrogens is 476 g/mol. The Morgan fingerprint density at radius 2 is 1.39 bits per heavy atom. The van der Waals surface area contributed by atoms with Crippen molar-refractivity contribution in [3.63, 3.8) is 0 Å². The zero-order chi connectivity index (χ0) is 26.1. The summed E-state index contributed by atoms with van der Waals surface area (Å²) in [4.78, 5) is 33.2. The molecule has 12 heteroatoms. The molecule has 0 spiro atoms. The maximum absolute atomic E-state index is 11.4. The van der Waals surface area contributed by atoms with Crippen LogP contribution in [0, 0.1) is 10.1 Å². The van der Waals surface area contributed by atoms with Gasteiger partial charge in [0.05, 0.1) is 62.4 Å². The monoisotopic (exact) mass is 504 g/mol. The topological polar surface area (TPSA) is 159 Å². The highest BCUT2D eigenvalue weighted by Gasteiger charge is 2.24. The number of rotatable bonds is 7. The average molecular weight is 504 g/mol. The van der Waals surface area contributed by atoms with E-state index in [0.29, 0.717) is 49.8 Å². The number of esters is 2. The molecule has 2 N–H and O–H groups in total. The van der Waals surface area contributed by atoms with Crippen molar-refractivity contribution in [2.24, 2.45) is 0 Å². The predicted octanol–water partition coefficient (Wildman–Crippen LogP) is 2.77. The summed E-state index contributed by atoms with van der Waals surface area (Å²) in [5.74, 6) is -0.410. The van der Waals surface area contributed by atoms with Crippen molar-refractivity contribution in [2.45, 2.75) is 25.0 Å². The van der Waals surface area contributed by atoms with Gasteiger partial charge >= 0.3 is 17.6 Å². The smallest absolute Gasteiger partial charge is 0.337 e. The van der Waals surface area contributed by atoms with E-state index in [4.69, 9.17) is 24.7 Å². The maximum Gasteiger partial charge on any atom is 0.337 e. The Hall–Kier alpha value is -3.90. The van der Waals surface area contributed by atoms with Gasteiger partial charge in [0.2, 0.25) is 0 Å². The van der Waals surface area contributed by atoms with Crippen molar-refractivity contribution in [3.8, 4) is 11.5 Å². The molecule has 36 heavy (non-hydrogen) atoms. The van der Waals surface area contributed by atoms with Crippen molar-refractivity contribution in [2.75, 3.05) is 46.4 Å². The Morgan fingerprint density at radius 1 is 0.889 bits per heavy atom. The van der Waals surface area contributed by atoms with E-state index in [1.165, 1.54) is 32.4 Å². The lowest BCUT2D eigenvalue weighted by atomic mass is 10.2. The number of benzene rings is 2. The molecule has 0 saturated carbocycles. The molecule has 0 amide bonds. The number of ether oxygens (including phenoxy) is 6. The molecule has 2 atom stereocenters. The third kappa shape index (κ3) is 7.06. The van der Waals surface area contributed by atoms with Gasteiger partial charge in [0.15, 0.2) is 5.75 Å². The SMILES string of the molecule is COC(=O)c1ccc(N)c(OC2CCOC2)c1.COC(=O)c1ccc([N+](=O)[O-])c(OC2CCOC2)c1. The van der Waals surface area contributed by atoms with Gasteiger partial charge in [-0.1, -0.05) is 0 Å². The number of nitrogen functional groups attached to an aromatic ring is 1. The van der Waals surface area contributed by atoms with Crippen molar-refractivity contribution >= 4 is 23.3 Å². The summed E-state index contributed by atoms with van der Waals surface area (Å²) in [6.45, 7) is 2.21. The number of nitrogens with zero attached hydrogens (tertiary/aromatic N) is 1. The number of nitrogens with two attached hydrogens (primary N) is 1. The molecule has 0 radical (unpaired) electrons. The van der Waals surface area contributed by atoms with Crippen LogP contribution in [0.4, 0.5) is 11.4 Å². The summed E-state index contributed by atoms with van der Waals surface area (Å²) in [5.41, 5.74) is 6.75. The fourth-order valence-corrected chi connectivity index (χ4v) is 3.46. The summed E-state index contributed by atoms with van der Waals surface area (Å²) < 4.78 is 30.8. The second-order valence-electron chi connectivity index (χ2n) is 7.88. The van der Waals surface area contributed by atoms with Gasteiger partial charge in [-0.3, -0.25) is 10.1 Å². The van der Waals surface area contributed by atoms with Gasteiger partial charge < -0.3 is 34.2 Å². The van der Waals surface area contributed by atoms with Crippen LogP contribution in [0.1, 0.15) is 33.6 Å². The quantitative estimate of drug-likeness (QED) is 0.256. The number of hydrogen-bond acceptors (Lipinski definition) is 11. The van der Waals surface area contributed by atoms with E-state index >= 15 is 0 Å². The molecule has 0 bridgehead atoms. The van der Waals surface area contributed by atoms with Gasteiger partial charge in [-0.2, -0.15) is 0 Å². The maximum atomic E-state index is 11.4.